The van der Waals surface area contributed by atoms with E-state index < -0.39 is 49.7 Å². The Labute approximate surface area is 334 Å². The molecule has 0 aliphatic carbocycles. The number of methoxy groups -OCH3 is 6. The molecule has 16 nitrogen and oxygen atoms in total. The van der Waals surface area contributed by atoms with E-state index in [9.17, 15) is 35.4 Å². The van der Waals surface area contributed by atoms with Crippen LogP contribution in [0.3, 0.4) is 0 Å². The summed E-state index contributed by atoms with van der Waals surface area (Å²) in [4.78, 5) is 11.0. The maximum Gasteiger partial charge on any atom is 0.204 e. The number of phenolic OH excluding ortho intramolecular Hbond substituents is 1. The second-order valence-electron chi connectivity index (χ2n) is 13.0. The van der Waals surface area contributed by atoms with Crippen LogP contribution in [0, 0.1) is 0 Å². The van der Waals surface area contributed by atoms with Crippen LogP contribution < -0.4 is 42.6 Å². The number of hydrogen-bond donors (Lipinski definition) is 6. The molecule has 4 unspecified atom stereocenters. The summed E-state index contributed by atoms with van der Waals surface area (Å²) in [5, 5.41) is 64.0. The normalized spacial score (nSPS) is 16.7. The van der Waals surface area contributed by atoms with Crippen molar-refractivity contribution in [3.05, 3.63) is 88.5 Å². The van der Waals surface area contributed by atoms with Crippen LogP contribution in [0.2, 0.25) is 0 Å². The van der Waals surface area contributed by atoms with Crippen molar-refractivity contribution in [3.8, 4) is 57.5 Å². The van der Waals surface area contributed by atoms with Gasteiger partial charge in [0.2, 0.25) is 11.5 Å². The van der Waals surface area contributed by atoms with Crippen LogP contribution in [-0.2, 0) is 4.79 Å². The molecular formula is C42H48O16. The molecule has 1 heterocycles. The number of phenols is 1. The predicted molar refractivity (Wildman–Crippen MR) is 208 cm³/mol. The highest BCUT2D eigenvalue weighted by atomic mass is 16.6. The monoisotopic (exact) mass is 808 g/mol. The number of aliphatic hydroxyl groups is 5. The highest BCUT2D eigenvalue weighted by Crippen LogP contribution is 2.53. The van der Waals surface area contributed by atoms with E-state index in [1.165, 1.54) is 79.1 Å². The third kappa shape index (κ3) is 8.80. The lowest BCUT2D eigenvalue weighted by Gasteiger charge is -2.28. The Hall–Kier alpha value is -5.91. The van der Waals surface area contributed by atoms with E-state index in [4.69, 9.17) is 42.6 Å². The number of hydrogen-bond acceptors (Lipinski definition) is 16. The lowest BCUT2D eigenvalue weighted by molar-refractivity contribution is -0.104. The number of rotatable bonds is 20. The first-order valence-electron chi connectivity index (χ1n) is 18.0. The van der Waals surface area contributed by atoms with Gasteiger partial charge in [-0.2, -0.15) is 0 Å². The first-order valence-corrected chi connectivity index (χ1v) is 18.0. The Morgan fingerprint density at radius 3 is 1.64 bits per heavy atom. The molecule has 4 aromatic rings. The van der Waals surface area contributed by atoms with Crippen LogP contribution >= 0.6 is 0 Å². The maximum atomic E-state index is 11.6. The highest BCUT2D eigenvalue weighted by Gasteiger charge is 2.39. The van der Waals surface area contributed by atoms with Crippen LogP contribution in [0.5, 0.6) is 57.5 Å². The minimum atomic E-state index is -1.51. The zero-order chi connectivity index (χ0) is 42.1. The molecule has 4 aromatic carbocycles. The summed E-state index contributed by atoms with van der Waals surface area (Å²) in [6.45, 7) is -1.62. The molecule has 58 heavy (non-hydrogen) atoms. The van der Waals surface area contributed by atoms with Gasteiger partial charge in [-0.3, -0.25) is 4.79 Å². The molecule has 0 spiro atoms. The van der Waals surface area contributed by atoms with Gasteiger partial charge >= 0.3 is 0 Å². The van der Waals surface area contributed by atoms with E-state index >= 15 is 0 Å². The summed E-state index contributed by atoms with van der Waals surface area (Å²) < 4.78 is 51.9. The van der Waals surface area contributed by atoms with Gasteiger partial charge in [0, 0.05) is 11.1 Å². The Balaban J connectivity index is 1.44. The lowest BCUT2D eigenvalue weighted by atomic mass is 9.90. The number of benzene rings is 4. The summed E-state index contributed by atoms with van der Waals surface area (Å²) in [5.74, 6) is 0.742. The molecule has 0 radical (unpaired) electrons. The number of carbonyl (C=O) groups is 1. The van der Waals surface area contributed by atoms with Gasteiger partial charge in [-0.15, -0.1) is 0 Å². The first kappa shape index (κ1) is 43.2. The fourth-order valence-corrected chi connectivity index (χ4v) is 6.69. The zero-order valence-electron chi connectivity index (χ0n) is 32.8. The van der Waals surface area contributed by atoms with Gasteiger partial charge < -0.3 is 73.3 Å². The smallest absolute Gasteiger partial charge is 0.204 e. The Kier molecular flexibility index (Phi) is 14.5. The molecule has 0 saturated heterocycles. The minimum absolute atomic E-state index is 0.00562. The number of allylic oxidation sites excluding steroid dienone is 1. The van der Waals surface area contributed by atoms with E-state index in [-0.39, 0.29) is 63.7 Å². The largest absolute Gasteiger partial charge is 0.504 e. The van der Waals surface area contributed by atoms with Crippen molar-refractivity contribution in [3.63, 3.8) is 0 Å². The Morgan fingerprint density at radius 1 is 0.655 bits per heavy atom. The van der Waals surface area contributed by atoms with E-state index in [0.29, 0.717) is 34.5 Å². The molecular weight excluding hydrogens is 760 g/mol. The molecule has 6 N–H and O–H groups in total. The number of aldehydes is 1. The summed E-state index contributed by atoms with van der Waals surface area (Å²) >= 11 is 0. The SMILES string of the molecule is COc1cc(C(O)C(CO)Oc2c(OC)cc(C(O)C(CO)Oc3c(OC)cc([C@@H]4Oc5c(OC)cc(/C=C/C=O)cc5[C@H]4CO)cc3OC)cc2OC)ccc1O. The second-order valence-corrected chi connectivity index (χ2v) is 13.0. The summed E-state index contributed by atoms with van der Waals surface area (Å²) in [5.41, 5.74) is 2.36. The summed E-state index contributed by atoms with van der Waals surface area (Å²) in [6.07, 6.45) is -2.56. The van der Waals surface area contributed by atoms with Crippen LogP contribution in [-0.4, -0.2) is 112 Å². The molecule has 6 atom stereocenters. The predicted octanol–water partition coefficient (Wildman–Crippen LogP) is 3.81. The summed E-state index contributed by atoms with van der Waals surface area (Å²) in [6, 6.07) is 13.8. The third-order valence-electron chi connectivity index (χ3n) is 9.68. The quantitative estimate of drug-likeness (QED) is 0.0552. The van der Waals surface area contributed by atoms with E-state index in [0.717, 1.165) is 0 Å². The molecule has 1 aliphatic heterocycles. The number of carbonyl (C=O) groups excluding carboxylic acids is 1. The van der Waals surface area contributed by atoms with Gasteiger partial charge in [-0.1, -0.05) is 12.1 Å². The second kappa shape index (κ2) is 19.5. The fourth-order valence-electron chi connectivity index (χ4n) is 6.69. The first-order chi connectivity index (χ1) is 28.0. The Morgan fingerprint density at radius 2 is 1.16 bits per heavy atom. The van der Waals surface area contributed by atoms with Crippen molar-refractivity contribution in [2.45, 2.75) is 36.4 Å². The molecule has 0 saturated carbocycles. The van der Waals surface area contributed by atoms with E-state index in [1.807, 2.05) is 6.07 Å². The average Bonchev–Trinajstić information content (AvgIpc) is 3.64. The van der Waals surface area contributed by atoms with Crippen molar-refractivity contribution >= 4 is 12.4 Å². The van der Waals surface area contributed by atoms with Crippen LogP contribution in [0.15, 0.2) is 60.7 Å². The van der Waals surface area contributed by atoms with Crippen molar-refractivity contribution in [1.29, 1.82) is 0 Å². The molecule has 0 aromatic heterocycles. The molecule has 0 amide bonds. The number of fused-ring (bicyclic) bond motifs is 1. The number of ether oxygens (including phenoxy) is 9. The minimum Gasteiger partial charge on any atom is -0.504 e. The van der Waals surface area contributed by atoms with Crippen molar-refractivity contribution in [2.75, 3.05) is 62.5 Å². The van der Waals surface area contributed by atoms with Gasteiger partial charge in [0.1, 0.15) is 24.6 Å². The topological polar surface area (TPSA) is 222 Å². The maximum absolute atomic E-state index is 11.6. The van der Waals surface area contributed by atoms with Crippen LogP contribution in [0.25, 0.3) is 6.08 Å². The van der Waals surface area contributed by atoms with E-state index in [2.05, 4.69) is 0 Å². The van der Waals surface area contributed by atoms with Gasteiger partial charge in [-0.25, -0.2) is 0 Å². The average molecular weight is 809 g/mol. The van der Waals surface area contributed by atoms with Crippen molar-refractivity contribution in [2.24, 2.45) is 0 Å². The zero-order valence-corrected chi connectivity index (χ0v) is 32.8. The molecule has 5 rings (SSSR count). The summed E-state index contributed by atoms with van der Waals surface area (Å²) in [7, 11) is 8.35. The molecule has 0 fully saturated rings. The molecule has 16 heteroatoms. The van der Waals surface area contributed by atoms with Gasteiger partial charge in [0.05, 0.1) is 68.4 Å². The number of aromatic hydroxyl groups is 1. The van der Waals surface area contributed by atoms with Crippen molar-refractivity contribution in [1.82, 2.24) is 0 Å². The van der Waals surface area contributed by atoms with Gasteiger partial charge in [-0.05, 0) is 71.3 Å². The Bertz CT molecular complexity index is 2020. The highest BCUT2D eigenvalue weighted by molar-refractivity contribution is 5.75. The molecule has 1 aliphatic rings. The van der Waals surface area contributed by atoms with E-state index in [1.54, 1.807) is 24.3 Å². The van der Waals surface area contributed by atoms with Crippen LogP contribution in [0.4, 0.5) is 0 Å². The molecule has 0 bridgehead atoms. The lowest BCUT2D eigenvalue weighted by Crippen LogP contribution is -2.30. The molecule has 312 valence electrons. The number of aliphatic hydroxyl groups excluding tert-OH is 5. The fraction of sp³-hybridized carbons (Fsp3) is 0.357. The van der Waals surface area contributed by atoms with Gasteiger partial charge in [0.15, 0.2) is 58.2 Å². The standard InChI is InChI=1S/C42H48O16/c1-50-29-14-23(9-10-28(29)47)37(48)35(20-45)56-41-31(52-3)15-24(16-32(41)53-4)38(49)36(21-46)57-42-33(54-5)17-25(18-34(42)55-6)39-27(19-44)26-12-22(8-7-11-43)13-30(51-2)40(26)58-39/h7-18,27,35-39,44-49H,19-21H2,1-6H3/b8-7+/t27-,35?,36?,37?,38?,39+/m1/s1. The third-order valence-corrected chi connectivity index (χ3v) is 9.68. The van der Waals surface area contributed by atoms with Gasteiger partial charge in [0.25, 0.3) is 0 Å². The van der Waals surface area contributed by atoms with Crippen LogP contribution in [0.1, 0.15) is 52.0 Å². The van der Waals surface area contributed by atoms with Crippen molar-refractivity contribution < 1.29 is 78.1 Å².